The minimum absolute atomic E-state index is 0.104. The lowest BCUT2D eigenvalue weighted by Gasteiger charge is -2.29. The molecule has 1 fully saturated rings. The van der Waals surface area contributed by atoms with E-state index in [1.807, 2.05) is 35.7 Å². The number of benzene rings is 1. The van der Waals surface area contributed by atoms with Crippen molar-refractivity contribution in [3.05, 3.63) is 69.1 Å². The van der Waals surface area contributed by atoms with Gasteiger partial charge in [0.1, 0.15) is 11.1 Å². The highest BCUT2D eigenvalue weighted by molar-refractivity contribution is 5.97. The molecule has 8 nitrogen and oxygen atoms in total. The van der Waals surface area contributed by atoms with E-state index in [4.69, 9.17) is 4.74 Å². The zero-order valence-corrected chi connectivity index (χ0v) is 21.3. The number of nitrogens with one attached hydrogen (secondary N) is 1. The zero-order valence-electron chi connectivity index (χ0n) is 21.3. The number of rotatable bonds is 7. The third-order valence-electron chi connectivity index (χ3n) is 6.84. The number of hydrogen-bond acceptors (Lipinski definition) is 6. The number of amides is 1. The molecule has 1 atom stereocenters. The lowest BCUT2D eigenvalue weighted by molar-refractivity contribution is 0.0949. The number of carbonyl (C=O) groups excluding carboxylic acids is 1. The average molecular weight is 478 g/mol. The molecule has 1 aliphatic heterocycles. The molecule has 0 aliphatic carbocycles. The fourth-order valence-corrected chi connectivity index (χ4v) is 4.55. The van der Waals surface area contributed by atoms with Crippen LogP contribution < -0.4 is 15.6 Å². The topological polar surface area (TPSA) is 79.7 Å². The molecular formula is C27H35N5O3. The standard InChI is InChI=1S/C27H35N5O3/c1-18-7-6-8-22(19(18)2)20(3)32-17-23(27(34)28-9-10-30(4)5)26(33)25-24(32)15-21(16-29-25)31-11-13-35-14-12-31/h6-8,15-17,20H,9-14H2,1-5H3,(H,28,34). The van der Waals surface area contributed by atoms with Gasteiger partial charge in [0, 0.05) is 32.4 Å². The number of ether oxygens (including phenoxy) is 1. The monoisotopic (exact) mass is 477 g/mol. The van der Waals surface area contributed by atoms with Gasteiger partial charge in [0.25, 0.3) is 5.91 Å². The Morgan fingerprint density at radius 1 is 1.23 bits per heavy atom. The maximum Gasteiger partial charge on any atom is 0.256 e. The van der Waals surface area contributed by atoms with Crippen LogP contribution in [0, 0.1) is 13.8 Å². The van der Waals surface area contributed by atoms with E-state index in [-0.39, 0.29) is 22.9 Å². The second kappa shape index (κ2) is 10.6. The van der Waals surface area contributed by atoms with Crippen molar-refractivity contribution in [1.82, 2.24) is 19.8 Å². The van der Waals surface area contributed by atoms with Crippen molar-refractivity contribution < 1.29 is 9.53 Å². The number of fused-ring (bicyclic) bond motifs is 1. The third kappa shape index (κ3) is 5.23. The van der Waals surface area contributed by atoms with E-state index in [0.29, 0.717) is 31.8 Å². The summed E-state index contributed by atoms with van der Waals surface area (Å²) in [5.74, 6) is -0.375. The highest BCUT2D eigenvalue weighted by Crippen LogP contribution is 2.28. The van der Waals surface area contributed by atoms with Crippen LogP contribution in [0.25, 0.3) is 11.0 Å². The molecule has 1 aliphatic rings. The Kier molecular flexibility index (Phi) is 7.52. The zero-order chi connectivity index (χ0) is 25.1. The van der Waals surface area contributed by atoms with Crippen LogP contribution >= 0.6 is 0 Å². The molecule has 0 bridgehead atoms. The smallest absolute Gasteiger partial charge is 0.256 e. The lowest BCUT2D eigenvalue weighted by Crippen LogP contribution is -2.36. The third-order valence-corrected chi connectivity index (χ3v) is 6.84. The van der Waals surface area contributed by atoms with Gasteiger partial charge < -0.3 is 24.4 Å². The van der Waals surface area contributed by atoms with Crippen molar-refractivity contribution in [2.45, 2.75) is 26.8 Å². The maximum absolute atomic E-state index is 13.4. The molecule has 0 saturated carbocycles. The van der Waals surface area contributed by atoms with Crippen LogP contribution in [0.1, 0.15) is 40.0 Å². The number of aromatic nitrogens is 2. The van der Waals surface area contributed by atoms with E-state index in [0.717, 1.165) is 29.9 Å². The van der Waals surface area contributed by atoms with E-state index in [2.05, 4.69) is 48.1 Å². The SMILES string of the molecule is Cc1cccc(C(C)n2cc(C(=O)NCCN(C)C)c(=O)c3ncc(N4CCOCC4)cc32)c1C. The first-order valence-electron chi connectivity index (χ1n) is 12.1. The summed E-state index contributed by atoms with van der Waals surface area (Å²) in [5, 5.41) is 2.88. The first-order valence-corrected chi connectivity index (χ1v) is 12.1. The molecule has 1 aromatic carbocycles. The largest absolute Gasteiger partial charge is 0.378 e. The van der Waals surface area contributed by atoms with Crippen molar-refractivity contribution in [1.29, 1.82) is 0 Å². The minimum Gasteiger partial charge on any atom is -0.378 e. The quantitative estimate of drug-likeness (QED) is 0.564. The summed E-state index contributed by atoms with van der Waals surface area (Å²) in [6, 6.07) is 8.16. The molecule has 1 amide bonds. The summed E-state index contributed by atoms with van der Waals surface area (Å²) in [7, 11) is 3.88. The van der Waals surface area contributed by atoms with Gasteiger partial charge in [0.05, 0.1) is 36.7 Å². The van der Waals surface area contributed by atoms with Crippen molar-refractivity contribution in [3.63, 3.8) is 0 Å². The van der Waals surface area contributed by atoms with Crippen molar-refractivity contribution in [3.8, 4) is 0 Å². The van der Waals surface area contributed by atoms with Crippen LogP contribution in [0.3, 0.4) is 0 Å². The molecule has 35 heavy (non-hydrogen) atoms. The molecule has 1 unspecified atom stereocenters. The first-order chi connectivity index (χ1) is 16.8. The molecule has 1 N–H and O–H groups in total. The molecule has 1 saturated heterocycles. The Hall–Kier alpha value is -3.23. The number of carbonyl (C=O) groups is 1. The second-order valence-corrected chi connectivity index (χ2v) is 9.46. The first kappa shape index (κ1) is 24.9. The predicted molar refractivity (Wildman–Crippen MR) is 140 cm³/mol. The number of morpholine rings is 1. The van der Waals surface area contributed by atoms with E-state index in [1.54, 1.807) is 12.4 Å². The Bertz CT molecular complexity index is 1280. The van der Waals surface area contributed by atoms with Gasteiger partial charge in [-0.2, -0.15) is 0 Å². The maximum atomic E-state index is 13.4. The minimum atomic E-state index is -0.375. The van der Waals surface area contributed by atoms with Crippen molar-refractivity contribution in [2.75, 3.05) is 58.4 Å². The Labute approximate surface area is 206 Å². The highest BCUT2D eigenvalue weighted by atomic mass is 16.5. The number of hydrogen-bond donors (Lipinski definition) is 1. The van der Waals surface area contributed by atoms with Crippen LogP contribution in [0.5, 0.6) is 0 Å². The molecule has 3 aromatic rings. The van der Waals surface area contributed by atoms with Gasteiger partial charge in [-0.3, -0.25) is 9.59 Å². The van der Waals surface area contributed by atoms with Crippen LogP contribution in [-0.2, 0) is 4.74 Å². The molecular weight excluding hydrogens is 442 g/mol. The molecule has 0 spiro atoms. The molecule has 3 heterocycles. The van der Waals surface area contributed by atoms with Gasteiger partial charge in [0.2, 0.25) is 5.43 Å². The molecule has 0 radical (unpaired) electrons. The van der Waals surface area contributed by atoms with E-state index < -0.39 is 0 Å². The molecule has 8 heteroatoms. The number of pyridine rings is 2. The second-order valence-electron chi connectivity index (χ2n) is 9.46. The summed E-state index contributed by atoms with van der Waals surface area (Å²) in [6.07, 6.45) is 3.43. The van der Waals surface area contributed by atoms with Crippen LogP contribution in [0.4, 0.5) is 5.69 Å². The summed E-state index contributed by atoms with van der Waals surface area (Å²) >= 11 is 0. The number of likely N-dealkylation sites (N-methyl/N-ethyl adjacent to an activating group) is 1. The Morgan fingerprint density at radius 2 is 1.97 bits per heavy atom. The molecule has 4 rings (SSSR count). The van der Waals surface area contributed by atoms with Crippen molar-refractivity contribution in [2.24, 2.45) is 0 Å². The van der Waals surface area contributed by atoms with Crippen LogP contribution in [-0.4, -0.2) is 73.8 Å². The Balaban J connectivity index is 1.85. The van der Waals surface area contributed by atoms with Crippen molar-refractivity contribution >= 4 is 22.6 Å². The summed E-state index contributed by atoms with van der Waals surface area (Å²) < 4.78 is 7.52. The van der Waals surface area contributed by atoms with E-state index in [9.17, 15) is 9.59 Å². The lowest BCUT2D eigenvalue weighted by atomic mass is 9.97. The van der Waals surface area contributed by atoms with Gasteiger partial charge in [-0.15, -0.1) is 0 Å². The molecule has 2 aromatic heterocycles. The fourth-order valence-electron chi connectivity index (χ4n) is 4.55. The summed E-state index contributed by atoms with van der Waals surface area (Å²) in [5.41, 5.74) is 5.28. The summed E-state index contributed by atoms with van der Waals surface area (Å²) in [6.45, 7) is 10.3. The van der Waals surface area contributed by atoms with Gasteiger partial charge >= 0.3 is 0 Å². The number of anilines is 1. The fraction of sp³-hybridized carbons (Fsp3) is 0.444. The average Bonchev–Trinajstić information content (AvgIpc) is 2.85. The van der Waals surface area contributed by atoms with Gasteiger partial charge in [-0.05, 0) is 57.6 Å². The van der Waals surface area contributed by atoms with Crippen LogP contribution in [0.15, 0.2) is 41.5 Å². The van der Waals surface area contributed by atoms with E-state index in [1.165, 1.54) is 11.1 Å². The Morgan fingerprint density at radius 3 is 2.69 bits per heavy atom. The van der Waals surface area contributed by atoms with Gasteiger partial charge in [0.15, 0.2) is 0 Å². The highest BCUT2D eigenvalue weighted by Gasteiger charge is 2.22. The van der Waals surface area contributed by atoms with E-state index >= 15 is 0 Å². The summed E-state index contributed by atoms with van der Waals surface area (Å²) in [4.78, 5) is 35.2. The predicted octanol–water partition coefficient (Wildman–Crippen LogP) is 2.75. The van der Waals surface area contributed by atoms with Gasteiger partial charge in [-0.25, -0.2) is 4.98 Å². The normalized spacial score (nSPS) is 15.0. The van der Waals surface area contributed by atoms with Crippen LogP contribution in [0.2, 0.25) is 0 Å². The molecule has 186 valence electrons. The van der Waals surface area contributed by atoms with Gasteiger partial charge in [-0.1, -0.05) is 18.2 Å². The number of aryl methyl sites for hydroxylation is 1. The number of nitrogens with zero attached hydrogens (tertiary/aromatic N) is 4.